The van der Waals surface area contributed by atoms with Crippen molar-refractivity contribution >= 4 is 5.91 Å². The molecule has 9 heteroatoms. The molecular weight excluding hydrogens is 719 g/mol. The van der Waals surface area contributed by atoms with E-state index in [2.05, 4.69) is 67.8 Å². The van der Waals surface area contributed by atoms with E-state index in [0.29, 0.717) is 12.8 Å². The number of nitrogens with one attached hydrogen (secondary N) is 1. The summed E-state index contributed by atoms with van der Waals surface area (Å²) in [6.45, 7) is 3.55. The molecule has 0 aromatic carbocycles. The number of aliphatic hydroxyl groups excluding tert-OH is 5. The predicted molar refractivity (Wildman–Crippen MR) is 235 cm³/mol. The van der Waals surface area contributed by atoms with Crippen molar-refractivity contribution in [2.45, 2.75) is 236 Å². The minimum atomic E-state index is -1.55. The number of carbonyl (C=O) groups excluding carboxylic acids is 1. The van der Waals surface area contributed by atoms with Crippen molar-refractivity contribution in [2.24, 2.45) is 0 Å². The first kappa shape index (κ1) is 53.2. The van der Waals surface area contributed by atoms with Crippen LogP contribution in [-0.4, -0.2) is 87.5 Å². The summed E-state index contributed by atoms with van der Waals surface area (Å²) < 4.78 is 11.1. The predicted octanol–water partition coefficient (Wildman–Crippen LogP) is 9.84. The zero-order chi connectivity index (χ0) is 41.6. The van der Waals surface area contributed by atoms with Gasteiger partial charge >= 0.3 is 0 Å². The van der Waals surface area contributed by atoms with Gasteiger partial charge in [-0.3, -0.25) is 4.79 Å². The summed E-state index contributed by atoms with van der Waals surface area (Å²) in [5, 5.41) is 53.6. The number of amides is 1. The first-order valence-electron chi connectivity index (χ1n) is 23.3. The first-order valence-corrected chi connectivity index (χ1v) is 23.3. The van der Waals surface area contributed by atoms with Crippen LogP contribution in [0.2, 0.25) is 0 Å². The van der Waals surface area contributed by atoms with Crippen LogP contribution in [0.5, 0.6) is 0 Å². The molecule has 0 spiro atoms. The maximum absolute atomic E-state index is 12.8. The van der Waals surface area contributed by atoms with E-state index in [9.17, 15) is 30.3 Å². The van der Waals surface area contributed by atoms with Gasteiger partial charge in [-0.1, -0.05) is 184 Å². The summed E-state index contributed by atoms with van der Waals surface area (Å²) in [5.74, 6) is -0.156. The number of hydrogen-bond donors (Lipinski definition) is 6. The lowest BCUT2D eigenvalue weighted by Crippen LogP contribution is -2.60. The second kappa shape index (κ2) is 38.4. The lowest BCUT2D eigenvalue weighted by molar-refractivity contribution is -0.302. The van der Waals surface area contributed by atoms with Crippen LogP contribution in [0.3, 0.4) is 0 Å². The van der Waals surface area contributed by atoms with Gasteiger partial charge in [0.25, 0.3) is 0 Å². The number of allylic oxidation sites excluding steroid dienone is 8. The summed E-state index contributed by atoms with van der Waals surface area (Å²) in [5.41, 5.74) is 0. The quantitative estimate of drug-likeness (QED) is 0.0267. The molecule has 57 heavy (non-hydrogen) atoms. The Kier molecular flexibility index (Phi) is 35.8. The molecule has 332 valence electrons. The first-order chi connectivity index (χ1) is 27.8. The fraction of sp³-hybridized carbons (Fsp3) is 0.812. The van der Waals surface area contributed by atoms with Crippen LogP contribution in [0.15, 0.2) is 48.6 Å². The van der Waals surface area contributed by atoms with Crippen molar-refractivity contribution in [1.82, 2.24) is 5.32 Å². The Bertz CT molecular complexity index is 1030. The van der Waals surface area contributed by atoms with E-state index >= 15 is 0 Å². The Balaban J connectivity index is 1.99. The molecule has 0 radical (unpaired) electrons. The van der Waals surface area contributed by atoms with E-state index in [-0.39, 0.29) is 12.5 Å². The fourth-order valence-electron chi connectivity index (χ4n) is 7.21. The Morgan fingerprint density at radius 2 is 1.09 bits per heavy atom. The van der Waals surface area contributed by atoms with Crippen LogP contribution in [-0.2, 0) is 14.3 Å². The zero-order valence-electron chi connectivity index (χ0n) is 36.3. The van der Waals surface area contributed by atoms with Gasteiger partial charge in [0.15, 0.2) is 6.29 Å². The highest BCUT2D eigenvalue weighted by Crippen LogP contribution is 2.23. The van der Waals surface area contributed by atoms with Crippen molar-refractivity contribution in [2.75, 3.05) is 13.2 Å². The number of aliphatic hydroxyl groups is 5. The molecule has 1 saturated heterocycles. The molecule has 1 rings (SSSR count). The van der Waals surface area contributed by atoms with Gasteiger partial charge in [-0.2, -0.15) is 0 Å². The normalized spacial score (nSPS) is 21.4. The van der Waals surface area contributed by atoms with Crippen LogP contribution in [0.1, 0.15) is 194 Å². The maximum Gasteiger partial charge on any atom is 0.220 e. The second-order valence-electron chi connectivity index (χ2n) is 16.2. The molecule has 1 fully saturated rings. The molecule has 1 aliphatic heterocycles. The number of hydrogen-bond acceptors (Lipinski definition) is 8. The van der Waals surface area contributed by atoms with Crippen molar-refractivity contribution in [3.63, 3.8) is 0 Å². The topological polar surface area (TPSA) is 149 Å². The van der Waals surface area contributed by atoms with Gasteiger partial charge in [-0.05, 0) is 51.4 Å². The fourth-order valence-corrected chi connectivity index (χ4v) is 7.21. The average molecular weight is 806 g/mol. The van der Waals surface area contributed by atoms with Crippen LogP contribution in [0, 0.1) is 0 Å². The Morgan fingerprint density at radius 1 is 0.614 bits per heavy atom. The van der Waals surface area contributed by atoms with Gasteiger partial charge in [0.2, 0.25) is 5.91 Å². The van der Waals surface area contributed by atoms with Gasteiger partial charge in [0.1, 0.15) is 24.4 Å². The third-order valence-corrected chi connectivity index (χ3v) is 10.9. The summed E-state index contributed by atoms with van der Waals surface area (Å²) in [7, 11) is 0. The monoisotopic (exact) mass is 806 g/mol. The van der Waals surface area contributed by atoms with Crippen molar-refractivity contribution in [3.05, 3.63) is 48.6 Å². The number of ether oxygens (including phenoxy) is 2. The van der Waals surface area contributed by atoms with E-state index in [4.69, 9.17) is 9.47 Å². The van der Waals surface area contributed by atoms with Crippen LogP contribution in [0.25, 0.3) is 0 Å². The molecule has 1 aliphatic rings. The van der Waals surface area contributed by atoms with Crippen molar-refractivity contribution in [1.29, 1.82) is 0 Å². The van der Waals surface area contributed by atoms with E-state index in [1.54, 1.807) is 0 Å². The van der Waals surface area contributed by atoms with E-state index in [1.807, 2.05) is 0 Å². The SMILES string of the molecule is CC/C=C\C/C=C\C/C=C\C/C=C\CCCCCCCCCCCCCCCCCCCCC(=O)NC(COC1OC(CO)C(O)C(O)C1O)C(O)CCCCC. The van der Waals surface area contributed by atoms with Crippen LogP contribution >= 0.6 is 0 Å². The van der Waals surface area contributed by atoms with E-state index < -0.39 is 49.5 Å². The number of carbonyl (C=O) groups is 1. The summed E-state index contributed by atoms with van der Waals surface area (Å²) in [4.78, 5) is 12.8. The van der Waals surface area contributed by atoms with Crippen LogP contribution < -0.4 is 5.32 Å². The molecule has 0 aromatic heterocycles. The highest BCUT2D eigenvalue weighted by molar-refractivity contribution is 5.76. The van der Waals surface area contributed by atoms with E-state index in [1.165, 1.54) is 103 Å². The Labute approximate surface area is 348 Å². The third-order valence-electron chi connectivity index (χ3n) is 10.9. The maximum atomic E-state index is 12.8. The molecule has 0 aromatic rings. The van der Waals surface area contributed by atoms with Crippen molar-refractivity contribution < 1.29 is 39.8 Å². The second-order valence-corrected chi connectivity index (χ2v) is 16.2. The largest absolute Gasteiger partial charge is 0.394 e. The lowest BCUT2D eigenvalue weighted by Gasteiger charge is -2.40. The molecule has 6 N–H and O–H groups in total. The molecule has 7 atom stereocenters. The highest BCUT2D eigenvalue weighted by Gasteiger charge is 2.44. The van der Waals surface area contributed by atoms with E-state index in [0.717, 1.165) is 64.2 Å². The van der Waals surface area contributed by atoms with Gasteiger partial charge in [0.05, 0.1) is 25.4 Å². The summed E-state index contributed by atoms with van der Waals surface area (Å²) in [6.07, 6.45) is 42.4. The molecule has 7 unspecified atom stereocenters. The van der Waals surface area contributed by atoms with Crippen molar-refractivity contribution in [3.8, 4) is 0 Å². The molecule has 0 bridgehead atoms. The van der Waals surface area contributed by atoms with Gasteiger partial charge in [-0.25, -0.2) is 0 Å². The average Bonchev–Trinajstić information content (AvgIpc) is 3.21. The standard InChI is InChI=1S/C48H87NO8/c1-3-5-7-8-9-10-11-12-13-14-15-16-17-18-19-20-21-22-23-24-25-26-27-28-29-30-31-32-33-34-36-38-44(52)49-41(42(51)37-35-6-4-2)40-56-48-47(55)46(54)45(53)43(39-50)57-48/h5,7,9-10,12-13,15-16,41-43,45-48,50-51,53-55H,3-4,6,8,11,14,17-40H2,1-2H3,(H,49,52)/b7-5-,10-9-,13-12-,16-15-. The van der Waals surface area contributed by atoms with Gasteiger partial charge in [0, 0.05) is 6.42 Å². The number of unbranched alkanes of at least 4 members (excludes halogenated alkanes) is 20. The lowest BCUT2D eigenvalue weighted by atomic mass is 9.99. The minimum Gasteiger partial charge on any atom is -0.394 e. The minimum absolute atomic E-state index is 0.142. The zero-order valence-corrected chi connectivity index (χ0v) is 36.3. The molecule has 0 aliphatic carbocycles. The van der Waals surface area contributed by atoms with Gasteiger partial charge < -0.3 is 40.3 Å². The smallest absolute Gasteiger partial charge is 0.220 e. The molecule has 1 heterocycles. The van der Waals surface area contributed by atoms with Gasteiger partial charge in [-0.15, -0.1) is 0 Å². The Hall–Kier alpha value is -1.85. The number of rotatable bonds is 38. The summed E-state index contributed by atoms with van der Waals surface area (Å²) >= 11 is 0. The Morgan fingerprint density at radius 3 is 1.58 bits per heavy atom. The third kappa shape index (κ3) is 29.1. The molecule has 9 nitrogen and oxygen atoms in total. The molecule has 1 amide bonds. The molecular formula is C48H87NO8. The summed E-state index contributed by atoms with van der Waals surface area (Å²) in [6, 6.07) is -0.713. The highest BCUT2D eigenvalue weighted by atomic mass is 16.7. The van der Waals surface area contributed by atoms with Crippen LogP contribution in [0.4, 0.5) is 0 Å². The molecule has 0 saturated carbocycles.